The SMILES string of the molecule is CC1(C)S[C@@H]2[C@@H](C(N)=O)CC(=O)N2C1C(=O)OCc1ccccc1. The van der Waals surface area contributed by atoms with Gasteiger partial charge in [0, 0.05) is 11.2 Å². The molecule has 128 valence electrons. The molecule has 24 heavy (non-hydrogen) atoms. The number of fused-ring (bicyclic) bond motifs is 1. The molecule has 0 bridgehead atoms. The van der Waals surface area contributed by atoms with Crippen LogP contribution in [0.2, 0.25) is 0 Å². The first kappa shape index (κ1) is 16.8. The Morgan fingerprint density at radius 3 is 2.62 bits per heavy atom. The van der Waals surface area contributed by atoms with Gasteiger partial charge in [-0.05, 0) is 19.4 Å². The third-order valence-corrected chi connectivity index (χ3v) is 6.10. The third-order valence-electron chi connectivity index (χ3n) is 4.47. The monoisotopic (exact) mass is 348 g/mol. The third kappa shape index (κ3) is 2.88. The van der Waals surface area contributed by atoms with Crippen molar-refractivity contribution >= 4 is 29.5 Å². The van der Waals surface area contributed by atoms with Crippen LogP contribution in [0.3, 0.4) is 0 Å². The number of carbonyl (C=O) groups excluding carboxylic acids is 3. The fourth-order valence-electron chi connectivity index (χ4n) is 3.32. The highest BCUT2D eigenvalue weighted by Crippen LogP contribution is 2.51. The second-order valence-electron chi connectivity index (χ2n) is 6.62. The highest BCUT2D eigenvalue weighted by Gasteiger charge is 2.60. The molecule has 2 aliphatic rings. The van der Waals surface area contributed by atoms with Crippen molar-refractivity contribution in [2.24, 2.45) is 11.7 Å². The van der Waals surface area contributed by atoms with Crippen molar-refractivity contribution < 1.29 is 19.1 Å². The van der Waals surface area contributed by atoms with Crippen LogP contribution in [0.4, 0.5) is 0 Å². The Kier molecular flexibility index (Phi) is 4.29. The number of hydrogen-bond donors (Lipinski definition) is 1. The Morgan fingerprint density at radius 1 is 1.33 bits per heavy atom. The van der Waals surface area contributed by atoms with Crippen LogP contribution >= 0.6 is 11.8 Å². The van der Waals surface area contributed by atoms with Gasteiger partial charge in [-0.25, -0.2) is 4.79 Å². The van der Waals surface area contributed by atoms with Crippen LogP contribution in [0, 0.1) is 5.92 Å². The lowest BCUT2D eigenvalue weighted by Gasteiger charge is -2.28. The van der Waals surface area contributed by atoms with Crippen LogP contribution in [0.25, 0.3) is 0 Å². The van der Waals surface area contributed by atoms with E-state index in [2.05, 4.69) is 0 Å². The summed E-state index contributed by atoms with van der Waals surface area (Å²) < 4.78 is 4.90. The molecule has 0 aromatic heterocycles. The molecule has 0 spiro atoms. The number of hydrogen-bond acceptors (Lipinski definition) is 5. The quantitative estimate of drug-likeness (QED) is 0.828. The Balaban J connectivity index is 1.77. The standard InChI is InChI=1S/C17H20N2O4S/c1-17(2)13(16(22)23-9-10-6-4-3-5-7-10)19-12(20)8-11(14(18)21)15(19)24-17/h3-7,11,13,15H,8-9H2,1-2H3,(H2,18,21)/t11-,13?,15-/m1/s1. The number of amides is 2. The first-order valence-corrected chi connectivity index (χ1v) is 8.68. The van der Waals surface area contributed by atoms with Gasteiger partial charge in [0.2, 0.25) is 11.8 Å². The maximum Gasteiger partial charge on any atom is 0.330 e. The van der Waals surface area contributed by atoms with Crippen LogP contribution in [0.1, 0.15) is 25.8 Å². The second-order valence-corrected chi connectivity index (χ2v) is 8.39. The molecule has 2 saturated heterocycles. The zero-order valence-electron chi connectivity index (χ0n) is 13.6. The first-order chi connectivity index (χ1) is 11.3. The molecule has 3 rings (SSSR count). The predicted octanol–water partition coefficient (Wildman–Crippen LogP) is 1.28. The van der Waals surface area contributed by atoms with Crippen LogP contribution in [0.15, 0.2) is 30.3 Å². The number of nitrogens with two attached hydrogens (primary N) is 1. The molecule has 0 radical (unpaired) electrons. The number of thioether (sulfide) groups is 1. The van der Waals surface area contributed by atoms with E-state index in [-0.39, 0.29) is 24.3 Å². The minimum Gasteiger partial charge on any atom is -0.459 e. The lowest BCUT2D eigenvalue weighted by molar-refractivity contribution is -0.155. The highest BCUT2D eigenvalue weighted by molar-refractivity contribution is 8.01. The lowest BCUT2D eigenvalue weighted by atomic mass is 10.0. The normalized spacial score (nSPS) is 27.8. The first-order valence-electron chi connectivity index (χ1n) is 7.80. The summed E-state index contributed by atoms with van der Waals surface area (Å²) in [6, 6.07) is 8.66. The Bertz CT molecular complexity index is 676. The molecule has 1 unspecified atom stereocenters. The number of ether oxygens (including phenoxy) is 1. The number of esters is 1. The maximum absolute atomic E-state index is 12.7. The van der Waals surface area contributed by atoms with Crippen molar-refractivity contribution in [1.29, 1.82) is 0 Å². The maximum atomic E-state index is 12.7. The van der Waals surface area contributed by atoms with Gasteiger partial charge in [-0.15, -0.1) is 11.8 Å². The van der Waals surface area contributed by atoms with Gasteiger partial charge >= 0.3 is 5.97 Å². The Hall–Kier alpha value is -2.02. The summed E-state index contributed by atoms with van der Waals surface area (Å²) in [7, 11) is 0. The van der Waals surface area contributed by atoms with Crippen LogP contribution in [0.5, 0.6) is 0 Å². The molecular weight excluding hydrogens is 328 g/mol. The van der Waals surface area contributed by atoms with Crippen LogP contribution < -0.4 is 5.73 Å². The van der Waals surface area contributed by atoms with E-state index in [1.54, 1.807) is 0 Å². The van der Waals surface area contributed by atoms with E-state index in [0.717, 1.165) is 5.56 Å². The Morgan fingerprint density at radius 2 is 2.00 bits per heavy atom. The van der Waals surface area contributed by atoms with E-state index in [1.165, 1.54) is 16.7 Å². The molecule has 3 atom stereocenters. The molecule has 2 amide bonds. The average molecular weight is 348 g/mol. The number of primary amides is 1. The number of rotatable bonds is 4. The summed E-state index contributed by atoms with van der Waals surface area (Å²) in [5.74, 6) is -1.73. The molecule has 1 aromatic rings. The number of benzene rings is 1. The molecule has 6 nitrogen and oxygen atoms in total. The molecule has 7 heteroatoms. The van der Waals surface area contributed by atoms with Gasteiger partial charge in [-0.2, -0.15) is 0 Å². The van der Waals surface area contributed by atoms with E-state index >= 15 is 0 Å². The van der Waals surface area contributed by atoms with Crippen molar-refractivity contribution in [2.45, 2.75) is 43.0 Å². The minimum atomic E-state index is -0.715. The van der Waals surface area contributed by atoms with Gasteiger partial charge in [0.25, 0.3) is 0 Å². The molecule has 0 aliphatic carbocycles. The zero-order chi connectivity index (χ0) is 17.5. The highest BCUT2D eigenvalue weighted by atomic mass is 32.2. The summed E-state index contributed by atoms with van der Waals surface area (Å²) in [6.45, 7) is 3.92. The van der Waals surface area contributed by atoms with Crippen LogP contribution in [-0.4, -0.2) is 38.8 Å². The van der Waals surface area contributed by atoms with E-state index in [1.807, 2.05) is 44.2 Å². The molecule has 0 saturated carbocycles. The molecule has 2 N–H and O–H groups in total. The summed E-state index contributed by atoms with van der Waals surface area (Å²) >= 11 is 1.44. The van der Waals surface area contributed by atoms with Crippen molar-refractivity contribution in [1.82, 2.24) is 4.90 Å². The van der Waals surface area contributed by atoms with Crippen molar-refractivity contribution in [2.75, 3.05) is 0 Å². The molecular formula is C17H20N2O4S. The fourth-order valence-corrected chi connectivity index (χ4v) is 5.03. The largest absolute Gasteiger partial charge is 0.459 e. The van der Waals surface area contributed by atoms with Crippen molar-refractivity contribution in [3.63, 3.8) is 0 Å². The summed E-state index contributed by atoms with van der Waals surface area (Å²) in [4.78, 5) is 38.1. The zero-order valence-corrected chi connectivity index (χ0v) is 14.4. The van der Waals surface area contributed by atoms with Crippen molar-refractivity contribution in [3.8, 4) is 0 Å². The van der Waals surface area contributed by atoms with Gasteiger partial charge < -0.3 is 15.4 Å². The van der Waals surface area contributed by atoms with Gasteiger partial charge in [-0.3, -0.25) is 9.59 Å². The molecule has 2 aliphatic heterocycles. The number of carbonyl (C=O) groups is 3. The van der Waals surface area contributed by atoms with E-state index in [4.69, 9.17) is 10.5 Å². The summed E-state index contributed by atoms with van der Waals surface area (Å²) in [6.07, 6.45) is 0.0611. The van der Waals surface area contributed by atoms with Gasteiger partial charge in [-0.1, -0.05) is 30.3 Å². The molecule has 2 fully saturated rings. The summed E-state index contributed by atoms with van der Waals surface area (Å²) in [5, 5.41) is -0.390. The van der Waals surface area contributed by atoms with Crippen molar-refractivity contribution in [3.05, 3.63) is 35.9 Å². The average Bonchev–Trinajstić information content (AvgIpc) is 2.98. The van der Waals surface area contributed by atoms with Gasteiger partial charge in [0.15, 0.2) is 0 Å². The van der Waals surface area contributed by atoms with E-state index < -0.39 is 28.6 Å². The second kappa shape index (κ2) is 6.12. The summed E-state index contributed by atoms with van der Waals surface area (Å²) in [5.41, 5.74) is 6.30. The van der Waals surface area contributed by atoms with Crippen LogP contribution in [-0.2, 0) is 25.7 Å². The minimum absolute atomic E-state index is 0.0611. The van der Waals surface area contributed by atoms with E-state index in [9.17, 15) is 14.4 Å². The lowest BCUT2D eigenvalue weighted by Crippen LogP contribution is -2.49. The van der Waals surface area contributed by atoms with Gasteiger partial charge in [0.05, 0.1) is 11.3 Å². The fraction of sp³-hybridized carbons (Fsp3) is 0.471. The predicted molar refractivity (Wildman–Crippen MR) is 89.6 cm³/mol. The van der Waals surface area contributed by atoms with E-state index in [0.29, 0.717) is 0 Å². The molecule has 2 heterocycles. The number of nitrogens with zero attached hydrogens (tertiary/aromatic N) is 1. The smallest absolute Gasteiger partial charge is 0.330 e. The topological polar surface area (TPSA) is 89.7 Å². The Labute approximate surface area is 144 Å². The molecule has 1 aromatic carbocycles. The van der Waals surface area contributed by atoms with Gasteiger partial charge in [0.1, 0.15) is 12.6 Å².